The fourth-order valence-electron chi connectivity index (χ4n) is 1.96. The molecule has 0 amide bonds. The Morgan fingerprint density at radius 2 is 1.95 bits per heavy atom. The van der Waals surface area contributed by atoms with Gasteiger partial charge in [0, 0.05) is 4.88 Å². The molecule has 2 rings (SSSR count). The number of aryl methyl sites for hydroxylation is 1. The van der Waals surface area contributed by atoms with E-state index in [2.05, 4.69) is 11.4 Å². The van der Waals surface area contributed by atoms with Gasteiger partial charge in [-0.15, -0.1) is 11.3 Å². The quantitative estimate of drug-likeness (QED) is 0.879. The van der Waals surface area contributed by atoms with Gasteiger partial charge in [0.25, 0.3) is 0 Å². The molecule has 0 aliphatic carbocycles. The molecule has 2 aromatic rings. The molecule has 0 aliphatic heterocycles. The van der Waals surface area contributed by atoms with Crippen molar-refractivity contribution in [2.45, 2.75) is 18.9 Å². The number of hydrogen-bond acceptors (Lipinski definition) is 4. The van der Waals surface area contributed by atoms with Crippen molar-refractivity contribution in [1.82, 2.24) is 0 Å². The lowest BCUT2D eigenvalue weighted by atomic mass is 10.0. The van der Waals surface area contributed by atoms with E-state index in [1.807, 2.05) is 24.3 Å². The highest BCUT2D eigenvalue weighted by atomic mass is 32.1. The summed E-state index contributed by atoms with van der Waals surface area (Å²) in [6.45, 7) is 0. The molecule has 1 aromatic carbocycles. The minimum Gasteiger partial charge on any atom is -0.493 e. The van der Waals surface area contributed by atoms with Crippen molar-refractivity contribution < 1.29 is 14.6 Å². The van der Waals surface area contributed by atoms with E-state index >= 15 is 0 Å². The van der Waals surface area contributed by atoms with Crippen molar-refractivity contribution in [1.29, 1.82) is 0 Å². The standard InChI is InChI=1S/C15H18O3S/c1-17-14-8-5-11(10-15(14)18-2)13(16)7-6-12-4-3-9-19-12/h3-5,8-10,13,16H,6-7H2,1-2H3. The second-order valence-corrected chi connectivity index (χ2v) is 5.28. The van der Waals surface area contributed by atoms with E-state index < -0.39 is 6.10 Å². The van der Waals surface area contributed by atoms with E-state index in [1.54, 1.807) is 25.6 Å². The van der Waals surface area contributed by atoms with Gasteiger partial charge < -0.3 is 14.6 Å². The van der Waals surface area contributed by atoms with Crippen molar-refractivity contribution in [3.63, 3.8) is 0 Å². The van der Waals surface area contributed by atoms with Gasteiger partial charge in [0.2, 0.25) is 0 Å². The molecular formula is C15H18O3S. The lowest BCUT2D eigenvalue weighted by Gasteiger charge is -2.13. The maximum absolute atomic E-state index is 10.2. The predicted molar refractivity (Wildman–Crippen MR) is 77.1 cm³/mol. The molecule has 1 aromatic heterocycles. The molecule has 0 fully saturated rings. The van der Waals surface area contributed by atoms with Gasteiger partial charge in [-0.25, -0.2) is 0 Å². The summed E-state index contributed by atoms with van der Waals surface area (Å²) < 4.78 is 10.4. The maximum Gasteiger partial charge on any atom is 0.161 e. The monoisotopic (exact) mass is 278 g/mol. The molecule has 1 N–H and O–H groups in total. The number of benzene rings is 1. The van der Waals surface area contributed by atoms with E-state index in [0.29, 0.717) is 17.9 Å². The molecule has 1 atom stereocenters. The number of rotatable bonds is 6. The van der Waals surface area contributed by atoms with Crippen molar-refractivity contribution in [3.05, 3.63) is 46.2 Å². The van der Waals surface area contributed by atoms with Crippen LogP contribution < -0.4 is 9.47 Å². The third kappa shape index (κ3) is 3.49. The Morgan fingerprint density at radius 3 is 2.58 bits per heavy atom. The average molecular weight is 278 g/mol. The highest BCUT2D eigenvalue weighted by molar-refractivity contribution is 7.09. The largest absolute Gasteiger partial charge is 0.493 e. The minimum absolute atomic E-state index is 0.484. The highest BCUT2D eigenvalue weighted by Gasteiger charge is 2.12. The van der Waals surface area contributed by atoms with E-state index in [9.17, 15) is 5.11 Å². The molecule has 0 radical (unpaired) electrons. The Bertz CT molecular complexity index is 508. The minimum atomic E-state index is -0.484. The van der Waals surface area contributed by atoms with Gasteiger partial charge >= 0.3 is 0 Å². The first-order chi connectivity index (χ1) is 9.24. The van der Waals surface area contributed by atoms with Gasteiger partial charge in [-0.1, -0.05) is 12.1 Å². The van der Waals surface area contributed by atoms with Crippen molar-refractivity contribution in [2.75, 3.05) is 14.2 Å². The summed E-state index contributed by atoms with van der Waals surface area (Å²) in [7, 11) is 3.20. The number of aliphatic hydroxyl groups excluding tert-OH is 1. The van der Waals surface area contributed by atoms with Crippen LogP contribution in [-0.2, 0) is 6.42 Å². The number of methoxy groups -OCH3 is 2. The van der Waals surface area contributed by atoms with Gasteiger partial charge in [0.1, 0.15) is 0 Å². The molecule has 1 heterocycles. The third-order valence-corrected chi connectivity index (χ3v) is 3.97. The van der Waals surface area contributed by atoms with E-state index in [-0.39, 0.29) is 0 Å². The molecule has 19 heavy (non-hydrogen) atoms. The fourth-order valence-corrected chi connectivity index (χ4v) is 2.69. The average Bonchev–Trinajstić information content (AvgIpc) is 2.97. The van der Waals surface area contributed by atoms with Crippen molar-refractivity contribution in [3.8, 4) is 11.5 Å². The van der Waals surface area contributed by atoms with Crippen LogP contribution in [0.15, 0.2) is 35.7 Å². The molecular weight excluding hydrogens is 260 g/mol. The summed E-state index contributed by atoms with van der Waals surface area (Å²) in [5, 5.41) is 12.3. The lowest BCUT2D eigenvalue weighted by molar-refractivity contribution is 0.167. The number of ether oxygens (including phenoxy) is 2. The van der Waals surface area contributed by atoms with E-state index in [1.165, 1.54) is 4.88 Å². The Morgan fingerprint density at radius 1 is 1.16 bits per heavy atom. The molecule has 0 aliphatic rings. The summed E-state index contributed by atoms with van der Waals surface area (Å²) in [5.74, 6) is 1.33. The summed E-state index contributed by atoms with van der Waals surface area (Å²) >= 11 is 1.72. The molecule has 102 valence electrons. The van der Waals surface area contributed by atoms with Crippen LogP contribution in [0.1, 0.15) is 23.0 Å². The summed E-state index contributed by atoms with van der Waals surface area (Å²) in [5.41, 5.74) is 0.856. The van der Waals surface area contributed by atoms with Crippen LogP contribution in [0.3, 0.4) is 0 Å². The van der Waals surface area contributed by atoms with Gasteiger partial charge in [0.15, 0.2) is 11.5 Å². The van der Waals surface area contributed by atoms with E-state index in [4.69, 9.17) is 9.47 Å². The van der Waals surface area contributed by atoms with Gasteiger partial charge in [-0.2, -0.15) is 0 Å². The summed E-state index contributed by atoms with van der Waals surface area (Å²) in [4.78, 5) is 1.29. The van der Waals surface area contributed by atoms with Crippen molar-refractivity contribution >= 4 is 11.3 Å². The highest BCUT2D eigenvalue weighted by Crippen LogP contribution is 2.31. The topological polar surface area (TPSA) is 38.7 Å². The van der Waals surface area contributed by atoms with Crippen LogP contribution in [-0.4, -0.2) is 19.3 Å². The summed E-state index contributed by atoms with van der Waals surface area (Å²) in [6.07, 6.45) is 1.10. The zero-order valence-electron chi connectivity index (χ0n) is 11.1. The first kappa shape index (κ1) is 13.9. The maximum atomic E-state index is 10.2. The lowest BCUT2D eigenvalue weighted by Crippen LogP contribution is -2.00. The number of aliphatic hydroxyl groups is 1. The second kappa shape index (κ2) is 6.59. The predicted octanol–water partition coefficient (Wildman–Crippen LogP) is 3.43. The fraction of sp³-hybridized carbons (Fsp3) is 0.333. The molecule has 3 nitrogen and oxygen atoms in total. The Hall–Kier alpha value is -1.52. The van der Waals surface area contributed by atoms with Crippen LogP contribution in [0.2, 0.25) is 0 Å². The number of thiophene rings is 1. The van der Waals surface area contributed by atoms with Gasteiger partial charge in [0.05, 0.1) is 20.3 Å². The zero-order chi connectivity index (χ0) is 13.7. The van der Waals surface area contributed by atoms with Crippen LogP contribution >= 0.6 is 11.3 Å². The molecule has 0 spiro atoms. The second-order valence-electron chi connectivity index (χ2n) is 4.25. The molecule has 0 saturated carbocycles. The molecule has 0 saturated heterocycles. The Labute approximate surface area is 117 Å². The Balaban J connectivity index is 2.04. The van der Waals surface area contributed by atoms with Crippen LogP contribution in [0.5, 0.6) is 11.5 Å². The first-order valence-corrected chi connectivity index (χ1v) is 7.05. The van der Waals surface area contributed by atoms with Gasteiger partial charge in [-0.05, 0) is 42.0 Å². The SMILES string of the molecule is COc1ccc(C(O)CCc2cccs2)cc1OC. The smallest absolute Gasteiger partial charge is 0.161 e. The Kier molecular flexibility index (Phi) is 4.82. The van der Waals surface area contributed by atoms with Crippen LogP contribution in [0, 0.1) is 0 Å². The van der Waals surface area contributed by atoms with Crippen LogP contribution in [0.25, 0.3) is 0 Å². The summed E-state index contributed by atoms with van der Waals surface area (Å²) in [6, 6.07) is 9.65. The van der Waals surface area contributed by atoms with Crippen molar-refractivity contribution in [2.24, 2.45) is 0 Å². The first-order valence-electron chi connectivity index (χ1n) is 6.17. The molecule has 0 bridgehead atoms. The normalized spacial score (nSPS) is 12.2. The third-order valence-electron chi connectivity index (χ3n) is 3.04. The zero-order valence-corrected chi connectivity index (χ0v) is 11.9. The number of hydrogen-bond donors (Lipinski definition) is 1. The molecule has 1 unspecified atom stereocenters. The van der Waals surface area contributed by atoms with Gasteiger partial charge in [-0.3, -0.25) is 0 Å². The van der Waals surface area contributed by atoms with Crippen LogP contribution in [0.4, 0.5) is 0 Å². The molecule has 4 heteroatoms. The van der Waals surface area contributed by atoms with E-state index in [0.717, 1.165) is 12.0 Å².